The van der Waals surface area contributed by atoms with Gasteiger partial charge in [0.1, 0.15) is 0 Å². The van der Waals surface area contributed by atoms with Crippen LogP contribution in [0.25, 0.3) is 0 Å². The molecule has 0 bridgehead atoms. The van der Waals surface area contributed by atoms with Crippen LogP contribution in [0.5, 0.6) is 0 Å². The largest absolute Gasteiger partial charge is 0.416 e. The van der Waals surface area contributed by atoms with Crippen molar-refractivity contribution < 1.29 is 18.0 Å². The monoisotopic (exact) mass is 388 g/mol. The molecule has 4 heteroatoms. The minimum Gasteiger partial charge on any atom is -0.294 e. The highest BCUT2D eigenvalue weighted by molar-refractivity contribution is 6.01. The van der Waals surface area contributed by atoms with Gasteiger partial charge < -0.3 is 0 Å². The maximum absolute atomic E-state index is 13.2. The molecule has 2 aromatic rings. The Morgan fingerprint density at radius 3 is 2.25 bits per heavy atom. The SMILES string of the molecule is C=CC(CCc1ccccc1)Cc1cc(C(F)(F)F)ccc1C(=O)C(C)(C)C. The van der Waals surface area contributed by atoms with E-state index in [0.717, 1.165) is 25.0 Å². The number of hydrogen-bond donors (Lipinski definition) is 0. The lowest BCUT2D eigenvalue weighted by atomic mass is 9.81. The number of benzene rings is 2. The lowest BCUT2D eigenvalue weighted by Gasteiger charge is -2.22. The lowest BCUT2D eigenvalue weighted by molar-refractivity contribution is -0.137. The van der Waals surface area contributed by atoms with E-state index in [4.69, 9.17) is 0 Å². The van der Waals surface area contributed by atoms with E-state index in [9.17, 15) is 18.0 Å². The van der Waals surface area contributed by atoms with Crippen LogP contribution >= 0.6 is 0 Å². The van der Waals surface area contributed by atoms with Crippen LogP contribution in [-0.4, -0.2) is 5.78 Å². The third-order valence-electron chi connectivity index (χ3n) is 4.82. The summed E-state index contributed by atoms with van der Waals surface area (Å²) in [5.41, 5.74) is 0.588. The molecule has 2 rings (SSSR count). The fraction of sp³-hybridized carbons (Fsp3) is 0.375. The van der Waals surface area contributed by atoms with Crippen molar-refractivity contribution in [2.45, 2.75) is 46.2 Å². The van der Waals surface area contributed by atoms with E-state index in [0.29, 0.717) is 17.5 Å². The molecule has 0 aliphatic carbocycles. The number of aryl methyl sites for hydroxylation is 1. The molecule has 1 unspecified atom stereocenters. The molecule has 0 fully saturated rings. The van der Waals surface area contributed by atoms with Gasteiger partial charge >= 0.3 is 6.18 Å². The van der Waals surface area contributed by atoms with Gasteiger partial charge in [0.05, 0.1) is 5.56 Å². The molecule has 0 aliphatic rings. The first-order chi connectivity index (χ1) is 13.0. The predicted molar refractivity (Wildman–Crippen MR) is 107 cm³/mol. The van der Waals surface area contributed by atoms with E-state index in [1.807, 2.05) is 30.3 Å². The van der Waals surface area contributed by atoms with Gasteiger partial charge in [0.2, 0.25) is 0 Å². The quantitative estimate of drug-likeness (QED) is 0.372. The molecule has 0 heterocycles. The minimum atomic E-state index is -4.44. The Morgan fingerprint density at radius 2 is 1.71 bits per heavy atom. The average Bonchev–Trinajstić information content (AvgIpc) is 2.63. The summed E-state index contributed by atoms with van der Waals surface area (Å²) in [6.45, 7) is 9.18. The van der Waals surface area contributed by atoms with E-state index >= 15 is 0 Å². The first kappa shape index (κ1) is 21.9. The fourth-order valence-corrected chi connectivity index (χ4v) is 3.15. The molecule has 0 aliphatic heterocycles. The van der Waals surface area contributed by atoms with E-state index in [2.05, 4.69) is 6.58 Å². The zero-order valence-corrected chi connectivity index (χ0v) is 16.6. The molecule has 0 amide bonds. The third kappa shape index (κ3) is 5.82. The molecule has 0 saturated heterocycles. The molecule has 0 aromatic heterocycles. The molecule has 28 heavy (non-hydrogen) atoms. The van der Waals surface area contributed by atoms with Gasteiger partial charge in [0, 0.05) is 11.0 Å². The third-order valence-corrected chi connectivity index (χ3v) is 4.82. The highest BCUT2D eigenvalue weighted by Gasteiger charge is 2.33. The molecular formula is C24H27F3O. The van der Waals surface area contributed by atoms with E-state index < -0.39 is 17.2 Å². The Kier molecular flexibility index (Phi) is 6.87. The second-order valence-electron chi connectivity index (χ2n) is 8.17. The second-order valence-corrected chi connectivity index (χ2v) is 8.17. The van der Waals surface area contributed by atoms with Crippen LogP contribution < -0.4 is 0 Å². The van der Waals surface area contributed by atoms with E-state index in [1.54, 1.807) is 26.8 Å². The summed E-state index contributed by atoms with van der Waals surface area (Å²) in [6.07, 6.45) is -0.746. The van der Waals surface area contributed by atoms with Gasteiger partial charge in [0.15, 0.2) is 5.78 Å². The molecule has 2 aromatic carbocycles. The van der Waals surface area contributed by atoms with Gasteiger partial charge in [-0.25, -0.2) is 0 Å². The molecule has 0 saturated carbocycles. The number of alkyl halides is 3. The van der Waals surface area contributed by atoms with Crippen LogP contribution in [0.4, 0.5) is 13.2 Å². The second kappa shape index (κ2) is 8.76. The number of carbonyl (C=O) groups is 1. The smallest absolute Gasteiger partial charge is 0.294 e. The molecule has 0 radical (unpaired) electrons. The van der Waals surface area contributed by atoms with Gasteiger partial charge in [-0.3, -0.25) is 4.79 Å². The summed E-state index contributed by atoms with van der Waals surface area (Å²) < 4.78 is 39.7. The van der Waals surface area contributed by atoms with Crippen LogP contribution in [0.15, 0.2) is 61.2 Å². The molecule has 150 valence electrons. The van der Waals surface area contributed by atoms with Crippen molar-refractivity contribution in [2.24, 2.45) is 11.3 Å². The van der Waals surface area contributed by atoms with Gasteiger partial charge in [-0.15, -0.1) is 6.58 Å². The number of rotatable bonds is 7. The van der Waals surface area contributed by atoms with Crippen molar-refractivity contribution >= 4 is 5.78 Å². The Morgan fingerprint density at radius 1 is 1.07 bits per heavy atom. The zero-order valence-electron chi connectivity index (χ0n) is 16.6. The maximum Gasteiger partial charge on any atom is 0.416 e. The molecule has 0 spiro atoms. The zero-order chi connectivity index (χ0) is 20.9. The standard InChI is InChI=1S/C24H27F3O/c1-5-17(11-12-18-9-7-6-8-10-18)15-19-16-20(24(25,26)27)13-14-21(19)22(28)23(2,3)4/h5-10,13-14,16-17H,1,11-12,15H2,2-4H3. The number of allylic oxidation sites excluding steroid dienone is 1. The summed E-state index contributed by atoms with van der Waals surface area (Å²) in [6, 6.07) is 13.4. The Bertz CT molecular complexity index is 814. The van der Waals surface area contributed by atoms with Crippen LogP contribution in [0.2, 0.25) is 0 Å². The van der Waals surface area contributed by atoms with Gasteiger partial charge in [-0.05, 0) is 48.4 Å². The van der Waals surface area contributed by atoms with Crippen molar-refractivity contribution in [3.8, 4) is 0 Å². The summed E-state index contributed by atoms with van der Waals surface area (Å²) in [7, 11) is 0. The van der Waals surface area contributed by atoms with Crippen LogP contribution in [0.1, 0.15) is 54.2 Å². The normalized spacial score (nSPS) is 13.2. The molecule has 0 N–H and O–H groups in total. The number of carbonyl (C=O) groups excluding carboxylic acids is 1. The first-order valence-corrected chi connectivity index (χ1v) is 9.43. The Balaban J connectivity index is 2.31. The van der Waals surface area contributed by atoms with Crippen LogP contribution in [0.3, 0.4) is 0 Å². The van der Waals surface area contributed by atoms with Gasteiger partial charge in [0.25, 0.3) is 0 Å². The highest BCUT2D eigenvalue weighted by Crippen LogP contribution is 2.33. The van der Waals surface area contributed by atoms with Crippen molar-refractivity contribution in [1.82, 2.24) is 0 Å². The maximum atomic E-state index is 13.2. The molecular weight excluding hydrogens is 361 g/mol. The van der Waals surface area contributed by atoms with E-state index in [1.165, 1.54) is 11.6 Å². The van der Waals surface area contributed by atoms with Gasteiger partial charge in [-0.1, -0.05) is 63.2 Å². The number of ketones is 1. The lowest BCUT2D eigenvalue weighted by Crippen LogP contribution is -2.23. The topological polar surface area (TPSA) is 17.1 Å². The molecule has 1 atom stereocenters. The van der Waals surface area contributed by atoms with Gasteiger partial charge in [-0.2, -0.15) is 13.2 Å². The van der Waals surface area contributed by atoms with Crippen LogP contribution in [-0.2, 0) is 19.0 Å². The first-order valence-electron chi connectivity index (χ1n) is 9.43. The van der Waals surface area contributed by atoms with E-state index in [-0.39, 0.29) is 11.7 Å². The predicted octanol–water partition coefficient (Wildman–Crippen LogP) is 6.91. The number of halogens is 3. The summed E-state index contributed by atoms with van der Waals surface area (Å²) in [5, 5.41) is 0. The van der Waals surface area contributed by atoms with Crippen molar-refractivity contribution in [3.05, 3.63) is 83.4 Å². The Labute approximate surface area is 165 Å². The summed E-state index contributed by atoms with van der Waals surface area (Å²) in [5.74, 6) is -0.169. The van der Waals surface area contributed by atoms with Crippen molar-refractivity contribution in [1.29, 1.82) is 0 Å². The summed E-state index contributed by atoms with van der Waals surface area (Å²) >= 11 is 0. The summed E-state index contributed by atoms with van der Waals surface area (Å²) in [4.78, 5) is 12.8. The Hall–Kier alpha value is -2.36. The number of hydrogen-bond acceptors (Lipinski definition) is 1. The number of Topliss-reactive ketones (excluding diaryl/α,β-unsaturated/α-hetero) is 1. The fourth-order valence-electron chi connectivity index (χ4n) is 3.15. The van der Waals surface area contributed by atoms with Crippen LogP contribution in [0, 0.1) is 11.3 Å². The average molecular weight is 388 g/mol. The van der Waals surface area contributed by atoms with Crippen molar-refractivity contribution in [3.63, 3.8) is 0 Å². The minimum absolute atomic E-state index is 0.0183. The molecule has 1 nitrogen and oxygen atoms in total. The van der Waals surface area contributed by atoms with Crippen molar-refractivity contribution in [2.75, 3.05) is 0 Å². The highest BCUT2D eigenvalue weighted by atomic mass is 19.4.